The van der Waals surface area contributed by atoms with Gasteiger partial charge in [0.15, 0.2) is 0 Å². The molecule has 0 amide bonds. The van der Waals surface area contributed by atoms with Gasteiger partial charge in [-0.3, -0.25) is 5.10 Å². The normalized spacial score (nSPS) is 23.5. The van der Waals surface area contributed by atoms with Crippen molar-refractivity contribution in [2.24, 2.45) is 17.3 Å². The molecular weight excluding hydrogens is 486 g/mol. The third-order valence-electron chi connectivity index (χ3n) is 8.68. The quantitative estimate of drug-likeness (QED) is 0.243. The third kappa shape index (κ3) is 5.55. The van der Waals surface area contributed by atoms with Crippen LogP contribution in [0.4, 0.5) is 0 Å². The summed E-state index contributed by atoms with van der Waals surface area (Å²) in [6.45, 7) is 3.00. The number of nitrogens with zero attached hydrogens (tertiary/aromatic N) is 2. The summed E-state index contributed by atoms with van der Waals surface area (Å²) < 4.78 is 13.3. The van der Waals surface area contributed by atoms with Crippen molar-refractivity contribution < 1.29 is 14.6 Å². The van der Waals surface area contributed by atoms with Crippen molar-refractivity contribution in [3.63, 3.8) is 0 Å². The van der Waals surface area contributed by atoms with Gasteiger partial charge in [-0.05, 0) is 53.2 Å². The van der Waals surface area contributed by atoms with E-state index in [0.29, 0.717) is 13.0 Å². The molecule has 1 saturated carbocycles. The second kappa shape index (κ2) is 12.2. The van der Waals surface area contributed by atoms with Crippen LogP contribution in [0.5, 0.6) is 0 Å². The van der Waals surface area contributed by atoms with Crippen molar-refractivity contribution in [3.8, 4) is 0 Å². The number of methoxy groups -OCH3 is 1. The molecule has 204 valence electrons. The van der Waals surface area contributed by atoms with Crippen LogP contribution in [0.3, 0.4) is 0 Å². The van der Waals surface area contributed by atoms with Crippen molar-refractivity contribution in [3.05, 3.63) is 120 Å². The van der Waals surface area contributed by atoms with Gasteiger partial charge in [-0.15, -0.1) is 0 Å². The van der Waals surface area contributed by atoms with Gasteiger partial charge in [0.25, 0.3) is 0 Å². The van der Waals surface area contributed by atoms with Crippen molar-refractivity contribution in [2.75, 3.05) is 20.3 Å². The number of rotatable bonds is 11. The highest BCUT2D eigenvalue weighted by atomic mass is 16.5. The molecule has 1 fully saturated rings. The molecule has 0 bridgehead atoms. The predicted molar refractivity (Wildman–Crippen MR) is 152 cm³/mol. The number of aliphatic hydroxyl groups excluding tert-OH is 1. The minimum Gasteiger partial charge on any atom is -0.396 e. The van der Waals surface area contributed by atoms with Gasteiger partial charge in [0, 0.05) is 26.7 Å². The third-order valence-corrected chi connectivity index (χ3v) is 8.68. The molecule has 1 heterocycles. The minimum absolute atomic E-state index is 0.0447. The van der Waals surface area contributed by atoms with Gasteiger partial charge < -0.3 is 14.6 Å². The summed E-state index contributed by atoms with van der Waals surface area (Å²) in [5, 5.41) is 17.2. The van der Waals surface area contributed by atoms with Crippen LogP contribution < -0.4 is 0 Å². The number of nitrogens with one attached hydrogen (secondary N) is 1. The molecule has 1 aliphatic carbocycles. The lowest BCUT2D eigenvalue weighted by atomic mass is 9.62. The number of aliphatic hydroxyl groups is 1. The van der Waals surface area contributed by atoms with Crippen LogP contribution in [-0.4, -0.2) is 46.7 Å². The molecule has 5 rings (SSSR count). The Morgan fingerprint density at radius 2 is 1.49 bits per heavy atom. The van der Waals surface area contributed by atoms with E-state index in [1.165, 1.54) is 6.33 Å². The molecule has 2 N–H and O–H groups in total. The first-order valence-corrected chi connectivity index (χ1v) is 13.9. The zero-order valence-electron chi connectivity index (χ0n) is 22.9. The SMILES string of the molecule is CO[C@@H]1[C@@H](Cc2ncn[nH]2)[C@H](CO)CC[C@@]1(C)CCOC(c1ccccc1)(c1ccccc1)c1ccccc1. The smallest absolute Gasteiger partial charge is 0.143 e. The summed E-state index contributed by atoms with van der Waals surface area (Å²) in [7, 11) is 1.79. The van der Waals surface area contributed by atoms with Crippen LogP contribution >= 0.6 is 0 Å². The lowest BCUT2D eigenvalue weighted by molar-refractivity contribution is -0.117. The zero-order chi connectivity index (χ0) is 27.1. The maximum Gasteiger partial charge on any atom is 0.143 e. The molecule has 0 radical (unpaired) electrons. The summed E-state index contributed by atoms with van der Waals surface area (Å²) in [5.41, 5.74) is 2.43. The number of hydrogen-bond acceptors (Lipinski definition) is 5. The fourth-order valence-electron chi connectivity index (χ4n) is 6.62. The topological polar surface area (TPSA) is 80.3 Å². The number of benzene rings is 3. The van der Waals surface area contributed by atoms with Crippen LogP contribution in [0.2, 0.25) is 0 Å². The molecule has 0 aliphatic heterocycles. The standard InChI is InChI=1S/C33H39N3O3/c1-32(19-18-25(23-37)29(31(32)38-2)22-30-34-24-35-36-30)20-21-39-33(26-12-6-3-7-13-26,27-14-8-4-9-15-27)28-16-10-5-11-17-28/h3-17,24-25,29,31,37H,18-23H2,1-2H3,(H,34,35,36)/t25-,29-,31+,32-/m0/s1. The van der Waals surface area contributed by atoms with Crippen molar-refractivity contribution >= 4 is 0 Å². The Hall–Kier alpha value is -3.32. The van der Waals surface area contributed by atoms with Crippen LogP contribution in [-0.2, 0) is 21.5 Å². The van der Waals surface area contributed by atoms with E-state index in [1.54, 1.807) is 7.11 Å². The summed E-state index contributed by atoms with van der Waals surface area (Å²) in [4.78, 5) is 4.36. The highest BCUT2D eigenvalue weighted by molar-refractivity contribution is 5.47. The maximum atomic E-state index is 10.2. The van der Waals surface area contributed by atoms with E-state index in [-0.39, 0.29) is 30.0 Å². The number of hydrogen-bond donors (Lipinski definition) is 2. The Morgan fingerprint density at radius 1 is 0.923 bits per heavy atom. The molecule has 3 aromatic carbocycles. The first-order valence-electron chi connectivity index (χ1n) is 13.9. The molecule has 4 aromatic rings. The lowest BCUT2D eigenvalue weighted by Gasteiger charge is -2.49. The maximum absolute atomic E-state index is 10.2. The van der Waals surface area contributed by atoms with E-state index in [2.05, 4.69) is 94.9 Å². The predicted octanol–water partition coefficient (Wildman–Crippen LogP) is 5.79. The van der Waals surface area contributed by atoms with Crippen molar-refractivity contribution in [1.29, 1.82) is 0 Å². The molecule has 4 atom stereocenters. The monoisotopic (exact) mass is 525 g/mol. The van der Waals surface area contributed by atoms with Crippen molar-refractivity contribution in [2.45, 2.75) is 44.3 Å². The zero-order valence-corrected chi connectivity index (χ0v) is 22.9. The van der Waals surface area contributed by atoms with E-state index < -0.39 is 5.60 Å². The molecule has 0 spiro atoms. The van der Waals surface area contributed by atoms with Crippen LogP contribution in [0.15, 0.2) is 97.3 Å². The van der Waals surface area contributed by atoms with Crippen LogP contribution in [0.1, 0.15) is 48.7 Å². The highest BCUT2D eigenvalue weighted by Gasteiger charge is 2.47. The second-order valence-corrected chi connectivity index (χ2v) is 11.0. The molecule has 1 aliphatic rings. The summed E-state index contributed by atoms with van der Waals surface area (Å²) in [6.07, 6.45) is 4.91. The van der Waals surface area contributed by atoms with Gasteiger partial charge in [0.2, 0.25) is 0 Å². The average Bonchev–Trinajstić information content (AvgIpc) is 3.50. The van der Waals surface area contributed by atoms with E-state index in [1.807, 2.05) is 18.2 Å². The summed E-state index contributed by atoms with van der Waals surface area (Å²) in [5.74, 6) is 1.12. The summed E-state index contributed by atoms with van der Waals surface area (Å²) >= 11 is 0. The first kappa shape index (κ1) is 27.3. The van der Waals surface area contributed by atoms with Crippen LogP contribution in [0, 0.1) is 17.3 Å². The fourth-order valence-corrected chi connectivity index (χ4v) is 6.62. The lowest BCUT2D eigenvalue weighted by Crippen LogP contribution is -2.49. The Balaban J connectivity index is 1.46. The van der Waals surface area contributed by atoms with Gasteiger partial charge in [-0.1, -0.05) is 97.9 Å². The largest absolute Gasteiger partial charge is 0.396 e. The Labute approximate surface area is 231 Å². The molecule has 6 heteroatoms. The first-order chi connectivity index (χ1) is 19.1. The Bertz CT molecular complexity index is 1170. The number of ether oxygens (including phenoxy) is 2. The molecule has 0 saturated heterocycles. The minimum atomic E-state index is -0.746. The van der Waals surface area contributed by atoms with Gasteiger partial charge in [0.1, 0.15) is 17.8 Å². The summed E-state index contributed by atoms with van der Waals surface area (Å²) in [6, 6.07) is 31.5. The van der Waals surface area contributed by atoms with E-state index >= 15 is 0 Å². The highest BCUT2D eigenvalue weighted by Crippen LogP contribution is 2.48. The van der Waals surface area contributed by atoms with Gasteiger partial charge in [-0.2, -0.15) is 5.10 Å². The van der Waals surface area contributed by atoms with Gasteiger partial charge in [-0.25, -0.2) is 4.98 Å². The van der Waals surface area contributed by atoms with Gasteiger partial charge >= 0.3 is 0 Å². The number of aromatic amines is 1. The molecule has 1 aromatic heterocycles. The van der Waals surface area contributed by atoms with E-state index in [4.69, 9.17) is 9.47 Å². The molecule has 0 unspecified atom stereocenters. The number of aromatic nitrogens is 3. The Morgan fingerprint density at radius 3 is 1.95 bits per heavy atom. The Kier molecular flexibility index (Phi) is 8.56. The van der Waals surface area contributed by atoms with Crippen LogP contribution in [0.25, 0.3) is 0 Å². The van der Waals surface area contributed by atoms with E-state index in [9.17, 15) is 5.11 Å². The molecular formula is C33H39N3O3. The molecule has 39 heavy (non-hydrogen) atoms. The number of H-pyrrole nitrogens is 1. The van der Waals surface area contributed by atoms with Gasteiger partial charge in [0.05, 0.1) is 6.10 Å². The second-order valence-electron chi connectivity index (χ2n) is 11.0. The average molecular weight is 526 g/mol. The fraction of sp³-hybridized carbons (Fsp3) is 0.394. The van der Waals surface area contributed by atoms with E-state index in [0.717, 1.165) is 41.8 Å². The molecule has 6 nitrogen and oxygen atoms in total. The van der Waals surface area contributed by atoms with Crippen molar-refractivity contribution in [1.82, 2.24) is 15.2 Å².